The number of primary amides is 1. The van der Waals surface area contributed by atoms with Gasteiger partial charge in [-0.15, -0.1) is 0 Å². The van der Waals surface area contributed by atoms with E-state index in [1.807, 2.05) is 18.9 Å². The highest BCUT2D eigenvalue weighted by Gasteiger charge is 2.18. The van der Waals surface area contributed by atoms with Crippen molar-refractivity contribution in [3.63, 3.8) is 0 Å². The van der Waals surface area contributed by atoms with Crippen LogP contribution in [-0.4, -0.2) is 53.6 Å². The van der Waals surface area contributed by atoms with Crippen LogP contribution in [0.1, 0.15) is 36.2 Å². The van der Waals surface area contributed by atoms with Gasteiger partial charge in [0, 0.05) is 42.5 Å². The lowest BCUT2D eigenvalue weighted by Gasteiger charge is -2.21. The van der Waals surface area contributed by atoms with E-state index in [2.05, 4.69) is 44.7 Å². The molecule has 1 aromatic heterocycles. The number of anilines is 4. The SMILES string of the molecule is Cc1c(Cl)cc(C(N)=O)cc1Nc1nc(N[C@@H]2CCNC2)nc(N(C)CC(C)C)n1. The Kier molecular flexibility index (Phi) is 6.94. The van der Waals surface area contributed by atoms with Crippen molar-refractivity contribution in [2.45, 2.75) is 33.2 Å². The zero-order valence-corrected chi connectivity index (χ0v) is 18.5. The topological polar surface area (TPSA) is 121 Å². The molecule has 10 heteroatoms. The first-order valence-electron chi connectivity index (χ1n) is 10.0. The van der Waals surface area contributed by atoms with Crippen molar-refractivity contribution >= 4 is 41.0 Å². The molecule has 162 valence electrons. The van der Waals surface area contributed by atoms with Gasteiger partial charge in [0.05, 0.1) is 0 Å². The van der Waals surface area contributed by atoms with E-state index < -0.39 is 5.91 Å². The number of aromatic nitrogens is 3. The third-order valence-corrected chi connectivity index (χ3v) is 5.27. The second-order valence-electron chi connectivity index (χ2n) is 8.01. The van der Waals surface area contributed by atoms with E-state index in [-0.39, 0.29) is 6.04 Å². The number of nitrogens with one attached hydrogen (secondary N) is 3. The molecule has 1 fully saturated rings. The zero-order valence-electron chi connectivity index (χ0n) is 17.8. The number of halogens is 1. The molecule has 2 heterocycles. The Morgan fingerprint density at radius 2 is 2.07 bits per heavy atom. The first-order valence-corrected chi connectivity index (χ1v) is 10.4. The summed E-state index contributed by atoms with van der Waals surface area (Å²) in [6.45, 7) is 8.76. The van der Waals surface area contributed by atoms with Crippen LogP contribution in [0.5, 0.6) is 0 Å². The number of hydrogen-bond donors (Lipinski definition) is 4. The maximum Gasteiger partial charge on any atom is 0.248 e. The van der Waals surface area contributed by atoms with Crippen LogP contribution in [0, 0.1) is 12.8 Å². The molecule has 0 saturated carbocycles. The molecule has 30 heavy (non-hydrogen) atoms. The summed E-state index contributed by atoms with van der Waals surface area (Å²) in [7, 11) is 1.95. The van der Waals surface area contributed by atoms with Crippen molar-refractivity contribution in [2.24, 2.45) is 11.7 Å². The number of amides is 1. The highest BCUT2D eigenvalue weighted by atomic mass is 35.5. The minimum absolute atomic E-state index is 0.262. The summed E-state index contributed by atoms with van der Waals surface area (Å²) in [5, 5.41) is 10.3. The van der Waals surface area contributed by atoms with Crippen LogP contribution in [0.3, 0.4) is 0 Å². The lowest BCUT2D eigenvalue weighted by atomic mass is 10.1. The number of benzene rings is 1. The van der Waals surface area contributed by atoms with Crippen LogP contribution in [0.15, 0.2) is 12.1 Å². The summed E-state index contributed by atoms with van der Waals surface area (Å²) >= 11 is 6.28. The quantitative estimate of drug-likeness (QED) is 0.502. The normalized spacial score (nSPS) is 16.0. The molecule has 1 aromatic carbocycles. The van der Waals surface area contributed by atoms with E-state index in [1.54, 1.807) is 12.1 Å². The van der Waals surface area contributed by atoms with Gasteiger partial charge >= 0.3 is 0 Å². The molecule has 5 N–H and O–H groups in total. The Labute approximate surface area is 181 Å². The molecule has 3 rings (SSSR count). The molecule has 2 aromatic rings. The fourth-order valence-corrected chi connectivity index (χ4v) is 3.54. The van der Waals surface area contributed by atoms with Crippen LogP contribution in [0.4, 0.5) is 23.5 Å². The standard InChI is InChI=1S/C20H29ClN8O/c1-11(2)10-29(4)20-27-18(24-14-5-6-23-9-14)26-19(28-20)25-16-8-13(17(22)30)7-15(21)12(16)3/h7-8,11,14,23H,5-6,9-10H2,1-4H3,(H2,22,30)(H2,24,25,26,27,28)/t14-/m1/s1. The van der Waals surface area contributed by atoms with Gasteiger partial charge in [0.1, 0.15) is 0 Å². The van der Waals surface area contributed by atoms with Crippen LogP contribution in [-0.2, 0) is 0 Å². The highest BCUT2D eigenvalue weighted by Crippen LogP contribution is 2.28. The van der Waals surface area contributed by atoms with E-state index in [1.165, 1.54) is 0 Å². The molecular formula is C20H29ClN8O. The van der Waals surface area contributed by atoms with Crippen molar-refractivity contribution in [3.8, 4) is 0 Å². The van der Waals surface area contributed by atoms with Crippen LogP contribution >= 0.6 is 11.6 Å². The van der Waals surface area contributed by atoms with E-state index in [0.29, 0.717) is 40.0 Å². The monoisotopic (exact) mass is 432 g/mol. The average Bonchev–Trinajstić information content (AvgIpc) is 3.17. The van der Waals surface area contributed by atoms with E-state index in [0.717, 1.165) is 31.6 Å². The van der Waals surface area contributed by atoms with Crippen molar-refractivity contribution in [2.75, 3.05) is 42.2 Å². The molecule has 1 atom stereocenters. The largest absolute Gasteiger partial charge is 0.366 e. The number of nitrogens with two attached hydrogens (primary N) is 1. The van der Waals surface area contributed by atoms with Crippen LogP contribution < -0.4 is 26.6 Å². The summed E-state index contributed by atoms with van der Waals surface area (Å²) in [6.07, 6.45) is 1.00. The minimum atomic E-state index is -0.552. The molecule has 9 nitrogen and oxygen atoms in total. The van der Waals surface area contributed by atoms with E-state index >= 15 is 0 Å². The van der Waals surface area contributed by atoms with Crippen LogP contribution in [0.2, 0.25) is 5.02 Å². The van der Waals surface area contributed by atoms with Gasteiger partial charge in [-0.1, -0.05) is 25.4 Å². The Bertz CT molecular complexity index is 914. The van der Waals surface area contributed by atoms with Gasteiger partial charge in [0.15, 0.2) is 0 Å². The smallest absolute Gasteiger partial charge is 0.248 e. The lowest BCUT2D eigenvalue weighted by molar-refractivity contribution is 0.100. The van der Waals surface area contributed by atoms with Gasteiger partial charge in [-0.25, -0.2) is 0 Å². The maximum absolute atomic E-state index is 11.6. The van der Waals surface area contributed by atoms with Gasteiger partial charge in [0.2, 0.25) is 23.8 Å². The lowest BCUT2D eigenvalue weighted by Crippen LogP contribution is -2.27. The molecular weight excluding hydrogens is 404 g/mol. The maximum atomic E-state index is 11.6. The Morgan fingerprint density at radius 3 is 2.70 bits per heavy atom. The summed E-state index contributed by atoms with van der Waals surface area (Å²) in [6, 6.07) is 3.47. The van der Waals surface area contributed by atoms with E-state index in [4.69, 9.17) is 17.3 Å². The van der Waals surface area contributed by atoms with Gasteiger partial charge < -0.3 is 26.6 Å². The van der Waals surface area contributed by atoms with Crippen molar-refractivity contribution < 1.29 is 4.79 Å². The highest BCUT2D eigenvalue weighted by molar-refractivity contribution is 6.32. The predicted octanol–water partition coefficient (Wildman–Crippen LogP) is 2.54. The van der Waals surface area contributed by atoms with E-state index in [9.17, 15) is 4.79 Å². The fraction of sp³-hybridized carbons (Fsp3) is 0.500. The van der Waals surface area contributed by atoms with Crippen molar-refractivity contribution in [1.82, 2.24) is 20.3 Å². The number of nitrogens with zero attached hydrogens (tertiary/aromatic N) is 4. The Morgan fingerprint density at radius 1 is 1.33 bits per heavy atom. The second kappa shape index (κ2) is 9.44. The number of carbonyl (C=O) groups is 1. The van der Waals surface area contributed by atoms with Gasteiger partial charge in [0.25, 0.3) is 0 Å². The fourth-order valence-electron chi connectivity index (χ4n) is 3.32. The first kappa shape index (κ1) is 22.0. The Balaban J connectivity index is 1.95. The molecule has 1 amide bonds. The Hall–Kier alpha value is -2.65. The summed E-state index contributed by atoms with van der Waals surface area (Å²) in [4.78, 5) is 27.4. The van der Waals surface area contributed by atoms with Crippen molar-refractivity contribution in [3.05, 3.63) is 28.3 Å². The zero-order chi connectivity index (χ0) is 21.8. The molecule has 0 spiro atoms. The third kappa shape index (κ3) is 5.48. The molecule has 0 radical (unpaired) electrons. The molecule has 1 saturated heterocycles. The minimum Gasteiger partial charge on any atom is -0.366 e. The molecule has 0 aliphatic carbocycles. The van der Waals surface area contributed by atoms with Gasteiger partial charge in [-0.3, -0.25) is 4.79 Å². The number of rotatable bonds is 8. The third-order valence-electron chi connectivity index (χ3n) is 4.87. The summed E-state index contributed by atoms with van der Waals surface area (Å²) in [5.41, 5.74) is 7.14. The molecule has 1 aliphatic rings. The molecule has 1 aliphatic heterocycles. The summed E-state index contributed by atoms with van der Waals surface area (Å²) in [5.74, 6) is 1.33. The predicted molar refractivity (Wildman–Crippen MR) is 121 cm³/mol. The number of carbonyl (C=O) groups excluding carboxylic acids is 1. The molecule has 0 unspecified atom stereocenters. The van der Waals surface area contributed by atoms with Crippen LogP contribution in [0.25, 0.3) is 0 Å². The second-order valence-corrected chi connectivity index (χ2v) is 8.42. The summed E-state index contributed by atoms with van der Waals surface area (Å²) < 4.78 is 0. The first-order chi connectivity index (χ1) is 14.2. The van der Waals surface area contributed by atoms with Gasteiger partial charge in [-0.2, -0.15) is 15.0 Å². The van der Waals surface area contributed by atoms with Crippen molar-refractivity contribution in [1.29, 1.82) is 0 Å². The van der Waals surface area contributed by atoms with Gasteiger partial charge in [-0.05, 0) is 43.5 Å². The number of hydrogen-bond acceptors (Lipinski definition) is 8. The average molecular weight is 433 g/mol. The molecule has 0 bridgehead atoms.